The van der Waals surface area contributed by atoms with Gasteiger partial charge in [0.1, 0.15) is 5.17 Å². The van der Waals surface area contributed by atoms with Crippen LogP contribution in [0.15, 0.2) is 29.5 Å². The van der Waals surface area contributed by atoms with Crippen molar-refractivity contribution in [2.75, 3.05) is 6.54 Å². The van der Waals surface area contributed by atoms with Crippen LogP contribution in [0.25, 0.3) is 0 Å². The minimum absolute atomic E-state index is 0.517. The number of nitrogens with zero attached hydrogens (tertiary/aromatic N) is 2. The molecule has 15 heavy (non-hydrogen) atoms. The van der Waals surface area contributed by atoms with Gasteiger partial charge in [-0.3, -0.25) is 4.99 Å². The smallest absolute Gasteiger partial charge is 0.125 e. The average Bonchev–Trinajstić information content (AvgIpc) is 3.00. The molecule has 0 aromatic rings. The summed E-state index contributed by atoms with van der Waals surface area (Å²) in [5.41, 5.74) is 1.28. The van der Waals surface area contributed by atoms with E-state index in [4.69, 9.17) is 11.6 Å². The molecule has 1 saturated carbocycles. The van der Waals surface area contributed by atoms with Gasteiger partial charge in [-0.05, 0) is 37.5 Å². The second-order valence-corrected chi connectivity index (χ2v) is 4.67. The van der Waals surface area contributed by atoms with Crippen molar-refractivity contribution in [1.82, 2.24) is 4.90 Å². The lowest BCUT2D eigenvalue weighted by molar-refractivity contribution is 0.389. The number of halogens is 1. The van der Waals surface area contributed by atoms with E-state index in [0.717, 1.165) is 13.0 Å². The maximum atomic E-state index is 6.02. The van der Waals surface area contributed by atoms with Crippen molar-refractivity contribution in [2.24, 2.45) is 10.9 Å². The Balaban J connectivity index is 2.22. The molecule has 0 amide bonds. The SMILES string of the molecule is C=CN(C1=CC(Cl)=NCCC1C)C1CC1. The molecule has 82 valence electrons. The molecule has 2 rings (SSSR count). The van der Waals surface area contributed by atoms with Crippen LogP contribution in [0, 0.1) is 5.92 Å². The van der Waals surface area contributed by atoms with E-state index in [1.54, 1.807) is 0 Å². The highest BCUT2D eigenvalue weighted by Crippen LogP contribution is 2.34. The van der Waals surface area contributed by atoms with Gasteiger partial charge >= 0.3 is 0 Å². The molecule has 1 aliphatic heterocycles. The topological polar surface area (TPSA) is 15.6 Å². The van der Waals surface area contributed by atoms with E-state index >= 15 is 0 Å². The first kappa shape index (κ1) is 10.7. The highest BCUT2D eigenvalue weighted by atomic mass is 35.5. The standard InChI is InChI=1S/C12H17ClN2/c1-3-15(10-4-5-10)11-8-12(13)14-7-6-9(11)2/h3,8-10H,1,4-7H2,2H3. The molecule has 1 atom stereocenters. The normalized spacial score (nSPS) is 26.4. The van der Waals surface area contributed by atoms with Gasteiger partial charge in [-0.1, -0.05) is 25.1 Å². The predicted molar refractivity (Wildman–Crippen MR) is 65.1 cm³/mol. The van der Waals surface area contributed by atoms with Crippen molar-refractivity contribution in [2.45, 2.75) is 32.2 Å². The molecular weight excluding hydrogens is 208 g/mol. The fourth-order valence-corrected chi connectivity index (χ4v) is 2.17. The zero-order chi connectivity index (χ0) is 10.8. The summed E-state index contributed by atoms with van der Waals surface area (Å²) in [6, 6.07) is 0.652. The van der Waals surface area contributed by atoms with Gasteiger partial charge in [0.25, 0.3) is 0 Å². The molecule has 1 heterocycles. The van der Waals surface area contributed by atoms with Crippen LogP contribution in [-0.2, 0) is 0 Å². The third-order valence-corrected chi connectivity index (χ3v) is 3.26. The zero-order valence-electron chi connectivity index (χ0n) is 9.12. The third-order valence-electron chi connectivity index (χ3n) is 3.03. The fraction of sp³-hybridized carbons (Fsp3) is 0.583. The van der Waals surface area contributed by atoms with Crippen LogP contribution in [-0.4, -0.2) is 22.7 Å². The summed E-state index contributed by atoms with van der Waals surface area (Å²) in [7, 11) is 0. The molecule has 3 heteroatoms. The van der Waals surface area contributed by atoms with E-state index in [2.05, 4.69) is 23.4 Å². The number of hydrogen-bond donors (Lipinski definition) is 0. The first-order valence-electron chi connectivity index (χ1n) is 5.55. The number of hydrogen-bond acceptors (Lipinski definition) is 2. The van der Waals surface area contributed by atoms with E-state index < -0.39 is 0 Å². The lowest BCUT2D eigenvalue weighted by Gasteiger charge is -2.26. The van der Waals surface area contributed by atoms with Gasteiger partial charge in [0.05, 0.1) is 0 Å². The molecule has 0 N–H and O–H groups in total. The van der Waals surface area contributed by atoms with Crippen molar-refractivity contribution in [3.63, 3.8) is 0 Å². The van der Waals surface area contributed by atoms with Gasteiger partial charge in [0.2, 0.25) is 0 Å². The Morgan fingerprint density at radius 2 is 2.27 bits per heavy atom. The largest absolute Gasteiger partial charge is 0.349 e. The van der Waals surface area contributed by atoms with Crippen molar-refractivity contribution >= 4 is 16.8 Å². The second-order valence-electron chi connectivity index (χ2n) is 4.28. The highest BCUT2D eigenvalue weighted by molar-refractivity contribution is 6.68. The quantitative estimate of drug-likeness (QED) is 0.719. The van der Waals surface area contributed by atoms with E-state index in [-0.39, 0.29) is 0 Å². The molecule has 0 saturated heterocycles. The van der Waals surface area contributed by atoms with E-state index in [1.165, 1.54) is 18.5 Å². The summed E-state index contributed by atoms with van der Waals surface area (Å²) in [6.07, 6.45) is 7.53. The first-order valence-corrected chi connectivity index (χ1v) is 5.92. The second kappa shape index (κ2) is 4.40. The van der Waals surface area contributed by atoms with Crippen LogP contribution < -0.4 is 0 Å². The molecule has 0 spiro atoms. The minimum atomic E-state index is 0.517. The number of allylic oxidation sites excluding steroid dienone is 2. The first-order chi connectivity index (χ1) is 7.22. The van der Waals surface area contributed by atoms with Gasteiger partial charge in [0, 0.05) is 18.3 Å². The summed E-state index contributed by atoms with van der Waals surface area (Å²) < 4.78 is 0. The maximum absolute atomic E-state index is 6.02. The Kier molecular flexibility index (Phi) is 3.15. The summed E-state index contributed by atoms with van der Waals surface area (Å²) in [5.74, 6) is 0.517. The summed E-state index contributed by atoms with van der Waals surface area (Å²) >= 11 is 6.02. The molecule has 1 fully saturated rings. The Bertz CT molecular complexity index is 316. The number of rotatable bonds is 3. The molecule has 0 aromatic heterocycles. The summed E-state index contributed by atoms with van der Waals surface area (Å²) in [5, 5.41) is 0.627. The third kappa shape index (κ3) is 2.43. The van der Waals surface area contributed by atoms with Gasteiger partial charge in [-0.15, -0.1) is 0 Å². The molecule has 1 unspecified atom stereocenters. The zero-order valence-corrected chi connectivity index (χ0v) is 9.87. The maximum Gasteiger partial charge on any atom is 0.125 e. The Morgan fingerprint density at radius 1 is 1.53 bits per heavy atom. The highest BCUT2D eigenvalue weighted by Gasteiger charge is 2.31. The molecule has 0 bridgehead atoms. The van der Waals surface area contributed by atoms with Gasteiger partial charge in [-0.2, -0.15) is 0 Å². The molecule has 0 radical (unpaired) electrons. The Hall–Kier alpha value is -0.760. The molecule has 2 nitrogen and oxygen atoms in total. The molecule has 0 aromatic carbocycles. The van der Waals surface area contributed by atoms with Crippen LogP contribution >= 0.6 is 11.6 Å². The molecular formula is C12H17ClN2. The Labute approximate surface area is 96.3 Å². The lowest BCUT2D eigenvalue weighted by Crippen LogP contribution is -2.23. The van der Waals surface area contributed by atoms with Gasteiger partial charge in [-0.25, -0.2) is 0 Å². The van der Waals surface area contributed by atoms with Crippen LogP contribution in [0.1, 0.15) is 26.2 Å². The van der Waals surface area contributed by atoms with E-state index in [1.807, 2.05) is 12.3 Å². The van der Waals surface area contributed by atoms with Crippen LogP contribution in [0.2, 0.25) is 0 Å². The van der Waals surface area contributed by atoms with E-state index in [9.17, 15) is 0 Å². The van der Waals surface area contributed by atoms with E-state index in [0.29, 0.717) is 17.1 Å². The average molecular weight is 225 g/mol. The van der Waals surface area contributed by atoms with Gasteiger partial charge in [0.15, 0.2) is 0 Å². The van der Waals surface area contributed by atoms with Crippen molar-refractivity contribution in [3.05, 3.63) is 24.6 Å². The minimum Gasteiger partial charge on any atom is -0.349 e. The van der Waals surface area contributed by atoms with Gasteiger partial charge < -0.3 is 4.90 Å². The Morgan fingerprint density at radius 3 is 2.87 bits per heavy atom. The fourth-order valence-electron chi connectivity index (χ4n) is 1.97. The summed E-state index contributed by atoms with van der Waals surface area (Å²) in [6.45, 7) is 6.95. The molecule has 2 aliphatic rings. The van der Waals surface area contributed by atoms with Crippen molar-refractivity contribution < 1.29 is 0 Å². The van der Waals surface area contributed by atoms with Crippen molar-refractivity contribution in [3.8, 4) is 0 Å². The predicted octanol–water partition coefficient (Wildman–Crippen LogP) is 3.16. The number of aliphatic imine (C=N–C) groups is 1. The monoisotopic (exact) mass is 224 g/mol. The summed E-state index contributed by atoms with van der Waals surface area (Å²) in [4.78, 5) is 6.54. The van der Waals surface area contributed by atoms with Crippen LogP contribution in [0.3, 0.4) is 0 Å². The van der Waals surface area contributed by atoms with Crippen molar-refractivity contribution in [1.29, 1.82) is 0 Å². The van der Waals surface area contributed by atoms with Crippen LogP contribution in [0.4, 0.5) is 0 Å². The lowest BCUT2D eigenvalue weighted by atomic mass is 10.0. The van der Waals surface area contributed by atoms with Crippen LogP contribution in [0.5, 0.6) is 0 Å². The molecule has 1 aliphatic carbocycles.